The van der Waals surface area contributed by atoms with E-state index in [1.54, 1.807) is 37.3 Å². The number of unbranched alkanes of at least 4 members (excludes halogenated alkanes) is 3. The predicted molar refractivity (Wildman–Crippen MR) is 96.5 cm³/mol. The lowest BCUT2D eigenvalue weighted by Crippen LogP contribution is -2.43. The van der Waals surface area contributed by atoms with Crippen LogP contribution in [0.4, 0.5) is 0 Å². The molecule has 0 bridgehead atoms. The van der Waals surface area contributed by atoms with Crippen molar-refractivity contribution in [3.8, 4) is 0 Å². The van der Waals surface area contributed by atoms with E-state index in [1.165, 1.54) is 6.08 Å². The fraction of sp³-hybridized carbons (Fsp3) is 0.500. The van der Waals surface area contributed by atoms with Gasteiger partial charge < -0.3 is 4.74 Å². The Morgan fingerprint density at radius 2 is 1.73 bits per heavy atom. The van der Waals surface area contributed by atoms with Gasteiger partial charge in [-0.05, 0) is 25.3 Å². The summed E-state index contributed by atoms with van der Waals surface area (Å²) < 4.78 is 5.23. The van der Waals surface area contributed by atoms with Crippen molar-refractivity contribution >= 4 is 11.5 Å². The van der Waals surface area contributed by atoms with Crippen LogP contribution in [-0.4, -0.2) is 28.1 Å². The topological polar surface area (TPSA) is 113 Å². The van der Waals surface area contributed by atoms with Crippen LogP contribution in [0.2, 0.25) is 0 Å². The first kappa shape index (κ1) is 21.3. The van der Waals surface area contributed by atoms with E-state index >= 15 is 0 Å². The molecule has 0 aliphatic carbocycles. The fourth-order valence-electron chi connectivity index (χ4n) is 2.61. The van der Waals surface area contributed by atoms with Crippen LogP contribution in [0.25, 0.3) is 5.57 Å². The van der Waals surface area contributed by atoms with Crippen LogP contribution in [0.15, 0.2) is 36.4 Å². The molecule has 0 aliphatic heterocycles. The van der Waals surface area contributed by atoms with Crippen LogP contribution in [0.1, 0.15) is 51.5 Å². The van der Waals surface area contributed by atoms with Gasteiger partial charge in [-0.3, -0.25) is 20.2 Å². The Morgan fingerprint density at radius 3 is 2.23 bits per heavy atom. The van der Waals surface area contributed by atoms with Gasteiger partial charge in [0.1, 0.15) is 0 Å². The lowest BCUT2D eigenvalue weighted by atomic mass is 10.0. The van der Waals surface area contributed by atoms with Crippen LogP contribution in [0.5, 0.6) is 0 Å². The summed E-state index contributed by atoms with van der Waals surface area (Å²) in [6, 6.07) is 8.67. The van der Waals surface area contributed by atoms with Crippen LogP contribution in [0, 0.1) is 20.2 Å². The summed E-state index contributed by atoms with van der Waals surface area (Å²) in [4.78, 5) is 32.7. The van der Waals surface area contributed by atoms with E-state index in [0.29, 0.717) is 12.0 Å². The highest BCUT2D eigenvalue weighted by molar-refractivity contribution is 6.16. The summed E-state index contributed by atoms with van der Waals surface area (Å²) in [5, 5.41) is 22.2. The zero-order chi connectivity index (χ0) is 19.5. The quantitative estimate of drug-likeness (QED) is 0.147. The Bertz CT molecular complexity index is 630. The SMILES string of the molecule is C/C=C(/C(=O)OC(CCCCCC)C([N+](=O)[O-])[N+](=O)[O-])c1ccccc1. The summed E-state index contributed by atoms with van der Waals surface area (Å²) in [6.45, 7) is 3.64. The van der Waals surface area contributed by atoms with Crippen LogP contribution >= 0.6 is 0 Å². The summed E-state index contributed by atoms with van der Waals surface area (Å²) in [5.74, 6) is -0.798. The van der Waals surface area contributed by atoms with E-state index in [0.717, 1.165) is 19.3 Å². The predicted octanol–water partition coefficient (Wildman–Crippen LogP) is 3.85. The van der Waals surface area contributed by atoms with Gasteiger partial charge >= 0.3 is 12.1 Å². The van der Waals surface area contributed by atoms with Crippen molar-refractivity contribution in [3.05, 3.63) is 62.2 Å². The van der Waals surface area contributed by atoms with Gasteiger partial charge in [0.15, 0.2) is 0 Å². The number of esters is 1. The molecule has 0 spiro atoms. The Balaban J connectivity index is 2.96. The fourth-order valence-corrected chi connectivity index (χ4v) is 2.61. The normalized spacial score (nSPS) is 12.7. The van der Waals surface area contributed by atoms with Gasteiger partial charge in [-0.25, -0.2) is 4.79 Å². The van der Waals surface area contributed by atoms with Gasteiger partial charge in [-0.2, -0.15) is 0 Å². The molecule has 26 heavy (non-hydrogen) atoms. The third kappa shape index (κ3) is 6.27. The molecule has 0 radical (unpaired) electrons. The van der Waals surface area contributed by atoms with E-state index in [9.17, 15) is 25.0 Å². The van der Waals surface area contributed by atoms with Crippen molar-refractivity contribution in [1.29, 1.82) is 0 Å². The first-order chi connectivity index (χ1) is 12.4. The molecule has 142 valence electrons. The molecule has 0 fully saturated rings. The number of rotatable bonds is 11. The first-order valence-corrected chi connectivity index (χ1v) is 8.62. The number of carbonyl (C=O) groups excluding carboxylic acids is 1. The Hall–Kier alpha value is -2.77. The molecule has 8 nitrogen and oxygen atoms in total. The van der Waals surface area contributed by atoms with Crippen LogP contribution < -0.4 is 0 Å². The maximum atomic E-state index is 12.5. The average Bonchev–Trinajstić information content (AvgIpc) is 2.59. The number of hydrogen-bond acceptors (Lipinski definition) is 6. The maximum Gasteiger partial charge on any atom is 0.486 e. The van der Waals surface area contributed by atoms with Crippen molar-refractivity contribution in [2.75, 3.05) is 0 Å². The highest BCUT2D eigenvalue weighted by Gasteiger charge is 2.45. The molecule has 1 unspecified atom stereocenters. The molecule has 1 atom stereocenters. The Morgan fingerprint density at radius 1 is 1.12 bits per heavy atom. The van der Waals surface area contributed by atoms with Crippen molar-refractivity contribution < 1.29 is 19.4 Å². The van der Waals surface area contributed by atoms with Gasteiger partial charge in [0.25, 0.3) is 0 Å². The minimum atomic E-state index is -2.17. The third-order valence-corrected chi connectivity index (χ3v) is 3.96. The second-order valence-electron chi connectivity index (χ2n) is 5.85. The largest absolute Gasteiger partial charge is 0.486 e. The molecular formula is C18H24N2O6. The molecule has 0 saturated heterocycles. The van der Waals surface area contributed by atoms with E-state index in [1.807, 2.05) is 6.92 Å². The molecule has 1 rings (SSSR count). The zero-order valence-corrected chi connectivity index (χ0v) is 15.0. The molecule has 0 aromatic heterocycles. The number of nitro groups is 2. The zero-order valence-electron chi connectivity index (χ0n) is 15.0. The second-order valence-corrected chi connectivity index (χ2v) is 5.85. The number of carbonyl (C=O) groups is 1. The Labute approximate surface area is 152 Å². The summed E-state index contributed by atoms with van der Waals surface area (Å²) in [7, 11) is 0. The Kier molecular flexibility index (Phi) is 8.97. The second kappa shape index (κ2) is 11.0. The first-order valence-electron chi connectivity index (χ1n) is 8.62. The van der Waals surface area contributed by atoms with E-state index in [2.05, 4.69) is 0 Å². The smallest absolute Gasteiger partial charge is 0.443 e. The minimum absolute atomic E-state index is 0.0736. The van der Waals surface area contributed by atoms with Gasteiger partial charge in [0.05, 0.1) is 15.4 Å². The highest BCUT2D eigenvalue weighted by Crippen LogP contribution is 2.20. The summed E-state index contributed by atoms with van der Waals surface area (Å²) >= 11 is 0. The van der Waals surface area contributed by atoms with Crippen molar-refractivity contribution in [2.24, 2.45) is 0 Å². The summed E-state index contributed by atoms with van der Waals surface area (Å²) in [6.07, 6.45) is 1.16. The molecule has 0 saturated carbocycles. The lowest BCUT2D eigenvalue weighted by molar-refractivity contribution is -0.751. The van der Waals surface area contributed by atoms with E-state index in [-0.39, 0.29) is 12.0 Å². The standard InChI is InChI=1S/C18H24N2O6/c1-3-5-6-10-13-16(17(19(22)23)20(24)25)26-18(21)15(4-2)14-11-8-7-9-12-14/h4,7-9,11-12,16-17H,3,5-6,10,13H2,1-2H3/b15-4+. The maximum absolute atomic E-state index is 12.5. The molecule has 1 aromatic carbocycles. The monoisotopic (exact) mass is 364 g/mol. The van der Waals surface area contributed by atoms with Crippen LogP contribution in [-0.2, 0) is 9.53 Å². The number of hydrogen-bond donors (Lipinski definition) is 0. The lowest BCUT2D eigenvalue weighted by Gasteiger charge is -2.17. The van der Waals surface area contributed by atoms with Crippen LogP contribution in [0.3, 0.4) is 0 Å². The molecular weight excluding hydrogens is 340 g/mol. The molecule has 0 amide bonds. The van der Waals surface area contributed by atoms with Gasteiger partial charge in [0.2, 0.25) is 6.10 Å². The number of nitrogens with zero attached hydrogens (tertiary/aromatic N) is 2. The van der Waals surface area contributed by atoms with Crippen molar-refractivity contribution in [2.45, 2.75) is 58.2 Å². The van der Waals surface area contributed by atoms with Gasteiger partial charge in [-0.1, -0.05) is 62.6 Å². The van der Waals surface area contributed by atoms with E-state index < -0.39 is 28.1 Å². The summed E-state index contributed by atoms with van der Waals surface area (Å²) in [5.41, 5.74) is 0.804. The minimum Gasteiger partial charge on any atom is -0.443 e. The van der Waals surface area contributed by atoms with Crippen molar-refractivity contribution in [3.63, 3.8) is 0 Å². The highest BCUT2D eigenvalue weighted by atomic mass is 16.7. The van der Waals surface area contributed by atoms with Crippen molar-refractivity contribution in [1.82, 2.24) is 0 Å². The number of benzene rings is 1. The number of allylic oxidation sites excluding steroid dienone is 1. The van der Waals surface area contributed by atoms with E-state index in [4.69, 9.17) is 4.74 Å². The average molecular weight is 364 g/mol. The molecule has 0 N–H and O–H groups in total. The van der Waals surface area contributed by atoms with Gasteiger partial charge in [-0.15, -0.1) is 0 Å². The molecule has 0 aliphatic rings. The number of ether oxygens (including phenoxy) is 1. The van der Waals surface area contributed by atoms with Gasteiger partial charge in [0, 0.05) is 0 Å². The third-order valence-electron chi connectivity index (χ3n) is 3.96. The molecule has 0 heterocycles. The molecule has 8 heteroatoms. The molecule has 1 aromatic rings.